The van der Waals surface area contributed by atoms with Crippen LogP contribution in [-0.2, 0) is 14.4 Å². The first-order valence-corrected chi connectivity index (χ1v) is 7.11. The number of piperidine rings is 1. The molecule has 2 saturated heterocycles. The smallest absolute Gasteiger partial charge is 0.246 e. The van der Waals surface area contributed by atoms with Gasteiger partial charge in [0.25, 0.3) is 0 Å². The van der Waals surface area contributed by atoms with Crippen molar-refractivity contribution in [3.63, 3.8) is 0 Å². The third-order valence-corrected chi connectivity index (χ3v) is 4.27. The summed E-state index contributed by atoms with van der Waals surface area (Å²) in [6.45, 7) is 1.15. The molecule has 2 rings (SSSR count). The molecule has 0 saturated carbocycles. The summed E-state index contributed by atoms with van der Waals surface area (Å²) in [7, 11) is 0. The topological polar surface area (TPSA) is 119 Å². The van der Waals surface area contributed by atoms with Gasteiger partial charge in [0.2, 0.25) is 17.7 Å². The molecule has 0 aromatic carbocycles. The van der Waals surface area contributed by atoms with Crippen LogP contribution in [-0.4, -0.2) is 47.3 Å². The van der Waals surface area contributed by atoms with Crippen LogP contribution in [0.5, 0.6) is 0 Å². The van der Waals surface area contributed by atoms with Gasteiger partial charge in [0.1, 0.15) is 5.54 Å². The number of nitrogens with zero attached hydrogens (tertiary/aromatic N) is 1. The van der Waals surface area contributed by atoms with Crippen LogP contribution in [0.2, 0.25) is 0 Å². The highest BCUT2D eigenvalue weighted by Crippen LogP contribution is 2.34. The summed E-state index contributed by atoms with van der Waals surface area (Å²) < 4.78 is 0. The van der Waals surface area contributed by atoms with Crippen LogP contribution in [0.3, 0.4) is 0 Å². The lowest BCUT2D eigenvalue weighted by molar-refractivity contribution is -0.149. The Labute approximate surface area is 131 Å². The molecule has 7 nitrogen and oxygen atoms in total. The lowest BCUT2D eigenvalue weighted by atomic mass is 9.84. The van der Waals surface area contributed by atoms with Crippen LogP contribution in [0.4, 0.5) is 0 Å². The highest BCUT2D eigenvalue weighted by Gasteiger charge is 2.50. The van der Waals surface area contributed by atoms with Gasteiger partial charge in [-0.25, -0.2) is 0 Å². The van der Waals surface area contributed by atoms with Gasteiger partial charge in [-0.1, -0.05) is 0 Å². The number of rotatable bonds is 4. The van der Waals surface area contributed by atoms with E-state index in [-0.39, 0.29) is 38.2 Å². The molecule has 2 heterocycles. The molecule has 0 aliphatic carbocycles. The Hall–Kier alpha value is -1.28. The van der Waals surface area contributed by atoms with Crippen LogP contribution >= 0.6 is 13.5 Å². The van der Waals surface area contributed by atoms with E-state index in [9.17, 15) is 14.4 Å². The number of hydrogen-bond acceptors (Lipinski definition) is 4. The molecule has 1 spiro atoms. The number of nitrogens with two attached hydrogens (primary N) is 2. The fourth-order valence-corrected chi connectivity index (χ4v) is 3.14. The van der Waals surface area contributed by atoms with Crippen molar-refractivity contribution in [3.8, 4) is 0 Å². The molecule has 0 radical (unpaired) electrons. The van der Waals surface area contributed by atoms with Crippen LogP contribution < -0.4 is 16.8 Å². The van der Waals surface area contributed by atoms with Crippen molar-refractivity contribution in [2.24, 2.45) is 11.5 Å². The largest absolute Gasteiger partial charge is 0.370 e. The molecule has 2 aliphatic rings. The van der Waals surface area contributed by atoms with Gasteiger partial charge in [-0.05, 0) is 32.1 Å². The Bertz CT molecular complexity index is 432. The molecular formula is C13H24N4O3S. The highest BCUT2D eigenvalue weighted by atomic mass is 32.1. The Kier molecular flexibility index (Phi) is 6.03. The molecule has 2 atom stereocenters. The lowest BCUT2D eigenvalue weighted by Gasteiger charge is -2.43. The third kappa shape index (κ3) is 3.49. The van der Waals surface area contributed by atoms with E-state index in [4.69, 9.17) is 11.5 Å². The van der Waals surface area contributed by atoms with E-state index in [0.29, 0.717) is 25.9 Å². The zero-order valence-corrected chi connectivity index (χ0v) is 13.1. The average Bonchev–Trinajstić information content (AvgIpc) is 2.77. The van der Waals surface area contributed by atoms with Crippen LogP contribution in [0, 0.1) is 0 Å². The van der Waals surface area contributed by atoms with Crippen LogP contribution in [0.25, 0.3) is 0 Å². The number of carbonyl (C=O) groups is 3. The van der Waals surface area contributed by atoms with E-state index in [2.05, 4.69) is 5.32 Å². The maximum absolute atomic E-state index is 12.5. The summed E-state index contributed by atoms with van der Waals surface area (Å²) in [5.74, 6) is -0.795. The number of amides is 3. The van der Waals surface area contributed by atoms with Gasteiger partial charge in [-0.15, -0.1) is 0 Å². The van der Waals surface area contributed by atoms with E-state index in [1.54, 1.807) is 4.90 Å². The van der Waals surface area contributed by atoms with Crippen LogP contribution in [0.1, 0.15) is 38.5 Å². The molecule has 2 aliphatic heterocycles. The van der Waals surface area contributed by atoms with Crippen molar-refractivity contribution in [1.82, 2.24) is 10.2 Å². The maximum atomic E-state index is 12.5. The van der Waals surface area contributed by atoms with Crippen molar-refractivity contribution < 1.29 is 14.4 Å². The quantitative estimate of drug-likeness (QED) is 0.614. The number of primary amides is 1. The second-order valence-electron chi connectivity index (χ2n) is 5.60. The highest BCUT2D eigenvalue weighted by molar-refractivity contribution is 7.59. The summed E-state index contributed by atoms with van der Waals surface area (Å²) in [6.07, 6.45) is 3.45. The second kappa shape index (κ2) is 7.13. The normalized spacial score (nSPS) is 26.1. The van der Waals surface area contributed by atoms with Gasteiger partial charge < -0.3 is 21.7 Å². The van der Waals surface area contributed by atoms with Gasteiger partial charge in [0.05, 0.1) is 6.04 Å². The van der Waals surface area contributed by atoms with Crippen molar-refractivity contribution in [2.45, 2.75) is 50.1 Å². The van der Waals surface area contributed by atoms with E-state index in [1.807, 2.05) is 0 Å². The Morgan fingerprint density at radius 2 is 2.05 bits per heavy atom. The maximum Gasteiger partial charge on any atom is 0.246 e. The first-order valence-electron chi connectivity index (χ1n) is 7.11. The fraction of sp³-hybridized carbons (Fsp3) is 0.769. The first-order chi connectivity index (χ1) is 9.47. The molecule has 5 N–H and O–H groups in total. The van der Waals surface area contributed by atoms with Crippen molar-refractivity contribution in [2.75, 3.05) is 13.1 Å². The zero-order chi connectivity index (χ0) is 14.8. The van der Waals surface area contributed by atoms with E-state index in [0.717, 1.165) is 12.8 Å². The summed E-state index contributed by atoms with van der Waals surface area (Å²) in [5, 5.41) is 2.81. The Morgan fingerprint density at radius 1 is 1.33 bits per heavy atom. The molecule has 0 bridgehead atoms. The number of hydrogen-bond donors (Lipinski definition) is 3. The second-order valence-corrected chi connectivity index (χ2v) is 5.60. The summed E-state index contributed by atoms with van der Waals surface area (Å²) in [4.78, 5) is 37.0. The molecule has 3 amide bonds. The molecule has 0 aromatic heterocycles. The van der Waals surface area contributed by atoms with Gasteiger partial charge in [-0.3, -0.25) is 14.4 Å². The Balaban J connectivity index is 0.00000220. The SMILES string of the molecule is NC(=O)CC[C@H](N)C(=O)N1CCCCC12CCNC2=O.S. The van der Waals surface area contributed by atoms with Crippen molar-refractivity contribution in [1.29, 1.82) is 0 Å². The third-order valence-electron chi connectivity index (χ3n) is 4.27. The van der Waals surface area contributed by atoms with Crippen molar-refractivity contribution in [3.05, 3.63) is 0 Å². The number of nitrogens with one attached hydrogen (secondary N) is 1. The minimum Gasteiger partial charge on any atom is -0.370 e. The van der Waals surface area contributed by atoms with Gasteiger partial charge in [0.15, 0.2) is 0 Å². The predicted molar refractivity (Wildman–Crippen MR) is 82.7 cm³/mol. The molecule has 0 aromatic rings. The minimum atomic E-state index is -0.772. The van der Waals surface area contributed by atoms with Gasteiger partial charge in [0, 0.05) is 19.5 Å². The monoisotopic (exact) mass is 316 g/mol. The van der Waals surface area contributed by atoms with E-state index >= 15 is 0 Å². The lowest BCUT2D eigenvalue weighted by Crippen LogP contribution is -2.61. The zero-order valence-electron chi connectivity index (χ0n) is 12.1. The summed E-state index contributed by atoms with van der Waals surface area (Å²) in [5.41, 5.74) is 10.2. The summed E-state index contributed by atoms with van der Waals surface area (Å²) >= 11 is 0. The molecule has 21 heavy (non-hydrogen) atoms. The molecular weight excluding hydrogens is 292 g/mol. The number of carbonyl (C=O) groups excluding carboxylic acids is 3. The van der Waals surface area contributed by atoms with Gasteiger partial charge >= 0.3 is 0 Å². The van der Waals surface area contributed by atoms with Gasteiger partial charge in [-0.2, -0.15) is 13.5 Å². The van der Waals surface area contributed by atoms with E-state index < -0.39 is 17.5 Å². The predicted octanol–water partition coefficient (Wildman–Crippen LogP) is -1.04. The molecule has 8 heteroatoms. The molecule has 120 valence electrons. The van der Waals surface area contributed by atoms with E-state index in [1.165, 1.54) is 0 Å². The molecule has 2 fully saturated rings. The molecule has 1 unspecified atom stereocenters. The first kappa shape index (κ1) is 17.8. The average molecular weight is 316 g/mol. The number of likely N-dealkylation sites (tertiary alicyclic amines) is 1. The minimum absolute atomic E-state index is 0. The van der Waals surface area contributed by atoms with Crippen molar-refractivity contribution >= 4 is 31.2 Å². The standard InChI is InChI=1S/C13H22N4O3.H2S/c14-9(3-4-10(15)18)11(19)17-8-2-1-5-13(17)6-7-16-12(13)20;/h9H,1-8,14H2,(H2,15,18)(H,16,20);1H2/t9-,13?;/m0./s1. The summed E-state index contributed by atoms with van der Waals surface area (Å²) in [6, 6.07) is -0.772. The fourth-order valence-electron chi connectivity index (χ4n) is 3.14. The van der Waals surface area contributed by atoms with Crippen LogP contribution in [0.15, 0.2) is 0 Å². The Morgan fingerprint density at radius 3 is 2.62 bits per heavy atom.